The van der Waals surface area contributed by atoms with Crippen molar-refractivity contribution in [3.05, 3.63) is 53.1 Å². The zero-order valence-corrected chi connectivity index (χ0v) is 13.0. The Bertz CT molecular complexity index is 777. The number of aryl methyl sites for hydroxylation is 1. The molecule has 0 fully saturated rings. The number of nitrogens with one attached hydrogen (secondary N) is 1. The highest BCUT2D eigenvalue weighted by atomic mass is 35.5. The van der Waals surface area contributed by atoms with Gasteiger partial charge in [0.1, 0.15) is 5.82 Å². The van der Waals surface area contributed by atoms with Crippen molar-refractivity contribution in [3.63, 3.8) is 0 Å². The predicted octanol–water partition coefficient (Wildman–Crippen LogP) is 3.66. The maximum absolute atomic E-state index is 6.10. The van der Waals surface area contributed by atoms with Crippen molar-refractivity contribution < 1.29 is 0 Å². The fraction of sp³-hybridized carbons (Fsp3) is 0.235. The molecule has 0 radical (unpaired) electrons. The molecular weight excluding hydrogens is 282 g/mol. The lowest BCUT2D eigenvalue weighted by molar-refractivity contribution is 0.791. The number of imidazole rings is 1. The van der Waals surface area contributed by atoms with Crippen LogP contribution in [0.3, 0.4) is 0 Å². The van der Waals surface area contributed by atoms with Crippen LogP contribution in [-0.4, -0.2) is 23.1 Å². The highest BCUT2D eigenvalue weighted by Gasteiger charge is 2.13. The Balaban J connectivity index is 2.14. The topological polar surface area (TPSA) is 29.9 Å². The van der Waals surface area contributed by atoms with Gasteiger partial charge in [-0.2, -0.15) is 0 Å². The summed E-state index contributed by atoms with van der Waals surface area (Å²) in [6.45, 7) is 0.951. The molecule has 0 aliphatic rings. The molecular formula is C17H18ClN3. The van der Waals surface area contributed by atoms with Crippen LogP contribution < -0.4 is 5.32 Å². The van der Waals surface area contributed by atoms with E-state index in [0.29, 0.717) is 0 Å². The minimum atomic E-state index is 0.737. The maximum Gasteiger partial charge on any atom is 0.141 e. The van der Waals surface area contributed by atoms with Gasteiger partial charge in [-0.25, -0.2) is 4.98 Å². The summed E-state index contributed by atoms with van der Waals surface area (Å²) in [6, 6.07) is 14.2. The minimum absolute atomic E-state index is 0.737. The monoisotopic (exact) mass is 299 g/mol. The van der Waals surface area contributed by atoms with Gasteiger partial charge in [0.05, 0.1) is 11.0 Å². The molecule has 3 aromatic rings. The molecule has 21 heavy (non-hydrogen) atoms. The van der Waals surface area contributed by atoms with Crippen molar-refractivity contribution in [1.29, 1.82) is 0 Å². The summed E-state index contributed by atoms with van der Waals surface area (Å²) in [6.07, 6.45) is 0.983. The first-order valence-electron chi connectivity index (χ1n) is 7.05. The van der Waals surface area contributed by atoms with E-state index in [4.69, 9.17) is 16.6 Å². The second-order valence-electron chi connectivity index (χ2n) is 5.14. The molecule has 2 aromatic carbocycles. The lowest BCUT2D eigenvalue weighted by Crippen LogP contribution is -2.11. The SMILES string of the molecule is CNCCc1ccccc1-c1nc2ccc(Cl)cc2n1C. The Morgan fingerprint density at radius 1 is 1.19 bits per heavy atom. The third kappa shape index (κ3) is 2.67. The summed E-state index contributed by atoms with van der Waals surface area (Å²) in [5, 5.41) is 3.94. The lowest BCUT2D eigenvalue weighted by atomic mass is 10.0. The van der Waals surface area contributed by atoms with Crippen LogP contribution in [0.4, 0.5) is 0 Å². The Hall–Kier alpha value is -1.84. The van der Waals surface area contributed by atoms with Gasteiger partial charge < -0.3 is 9.88 Å². The first kappa shape index (κ1) is 14.1. The van der Waals surface area contributed by atoms with E-state index in [0.717, 1.165) is 34.8 Å². The van der Waals surface area contributed by atoms with Crippen molar-refractivity contribution in [1.82, 2.24) is 14.9 Å². The number of aromatic nitrogens is 2. The van der Waals surface area contributed by atoms with Crippen LogP contribution in [0.15, 0.2) is 42.5 Å². The van der Waals surface area contributed by atoms with Crippen LogP contribution >= 0.6 is 11.6 Å². The van der Waals surface area contributed by atoms with Crippen LogP contribution in [0.25, 0.3) is 22.4 Å². The third-order valence-corrected chi connectivity index (χ3v) is 3.98. The number of halogens is 1. The Labute approximate surface area is 129 Å². The number of fused-ring (bicyclic) bond motifs is 1. The van der Waals surface area contributed by atoms with Crippen LogP contribution in [0, 0.1) is 0 Å². The summed E-state index contributed by atoms with van der Waals surface area (Å²) in [7, 11) is 4.01. The van der Waals surface area contributed by atoms with Crippen molar-refractivity contribution >= 4 is 22.6 Å². The van der Waals surface area contributed by atoms with E-state index >= 15 is 0 Å². The first-order valence-corrected chi connectivity index (χ1v) is 7.43. The second-order valence-corrected chi connectivity index (χ2v) is 5.57. The lowest BCUT2D eigenvalue weighted by Gasteiger charge is -2.09. The molecule has 0 atom stereocenters. The molecule has 0 unspecified atom stereocenters. The van der Waals surface area contributed by atoms with Gasteiger partial charge in [-0.1, -0.05) is 35.9 Å². The van der Waals surface area contributed by atoms with E-state index in [1.54, 1.807) is 0 Å². The molecule has 108 valence electrons. The van der Waals surface area contributed by atoms with Gasteiger partial charge in [0.15, 0.2) is 0 Å². The zero-order chi connectivity index (χ0) is 14.8. The minimum Gasteiger partial charge on any atom is -0.327 e. The van der Waals surface area contributed by atoms with Crippen LogP contribution in [0.2, 0.25) is 5.02 Å². The van der Waals surface area contributed by atoms with Crippen molar-refractivity contribution in [2.45, 2.75) is 6.42 Å². The summed E-state index contributed by atoms with van der Waals surface area (Å²) in [5.74, 6) is 0.985. The zero-order valence-electron chi connectivity index (χ0n) is 12.2. The van der Waals surface area contributed by atoms with Gasteiger partial charge in [0.2, 0.25) is 0 Å². The van der Waals surface area contributed by atoms with E-state index in [1.807, 2.05) is 32.3 Å². The number of hydrogen-bond donors (Lipinski definition) is 1. The van der Waals surface area contributed by atoms with Crippen LogP contribution in [0.1, 0.15) is 5.56 Å². The highest BCUT2D eigenvalue weighted by molar-refractivity contribution is 6.31. The van der Waals surface area contributed by atoms with E-state index in [-0.39, 0.29) is 0 Å². The van der Waals surface area contributed by atoms with E-state index in [1.165, 1.54) is 11.1 Å². The Morgan fingerprint density at radius 3 is 2.81 bits per heavy atom. The average molecular weight is 300 g/mol. The van der Waals surface area contributed by atoms with E-state index < -0.39 is 0 Å². The second kappa shape index (κ2) is 5.88. The van der Waals surface area contributed by atoms with Gasteiger partial charge in [0, 0.05) is 17.6 Å². The molecule has 0 saturated carbocycles. The molecule has 3 rings (SSSR count). The van der Waals surface area contributed by atoms with Gasteiger partial charge in [0.25, 0.3) is 0 Å². The Morgan fingerprint density at radius 2 is 2.00 bits per heavy atom. The van der Waals surface area contributed by atoms with Gasteiger partial charge in [-0.3, -0.25) is 0 Å². The number of likely N-dealkylation sites (N-methyl/N-ethyl adjacent to an activating group) is 1. The van der Waals surface area contributed by atoms with Crippen LogP contribution in [0.5, 0.6) is 0 Å². The highest BCUT2D eigenvalue weighted by Crippen LogP contribution is 2.28. The molecule has 1 N–H and O–H groups in total. The molecule has 0 bridgehead atoms. The largest absolute Gasteiger partial charge is 0.327 e. The quantitative estimate of drug-likeness (QED) is 0.797. The third-order valence-electron chi connectivity index (χ3n) is 3.75. The number of hydrogen-bond acceptors (Lipinski definition) is 2. The average Bonchev–Trinajstić information content (AvgIpc) is 2.82. The van der Waals surface area contributed by atoms with Gasteiger partial charge in [-0.15, -0.1) is 0 Å². The normalized spacial score (nSPS) is 11.2. The van der Waals surface area contributed by atoms with Crippen LogP contribution in [-0.2, 0) is 13.5 Å². The fourth-order valence-corrected chi connectivity index (χ4v) is 2.79. The molecule has 0 aliphatic heterocycles. The van der Waals surface area contributed by atoms with Gasteiger partial charge >= 0.3 is 0 Å². The summed E-state index contributed by atoms with van der Waals surface area (Å²) in [5.41, 5.74) is 4.51. The smallest absolute Gasteiger partial charge is 0.141 e. The van der Waals surface area contributed by atoms with E-state index in [9.17, 15) is 0 Å². The molecule has 0 saturated heterocycles. The maximum atomic E-state index is 6.10. The molecule has 1 aromatic heterocycles. The van der Waals surface area contributed by atoms with Crippen molar-refractivity contribution in [2.75, 3.05) is 13.6 Å². The number of rotatable bonds is 4. The molecule has 0 spiro atoms. The molecule has 3 nitrogen and oxygen atoms in total. The summed E-state index contributed by atoms with van der Waals surface area (Å²) >= 11 is 6.10. The molecule has 0 aliphatic carbocycles. The van der Waals surface area contributed by atoms with E-state index in [2.05, 4.69) is 34.1 Å². The van der Waals surface area contributed by atoms with Crippen molar-refractivity contribution in [3.8, 4) is 11.4 Å². The standard InChI is InChI=1S/C17H18ClN3/c1-19-10-9-12-5-3-4-6-14(12)17-20-15-8-7-13(18)11-16(15)21(17)2/h3-8,11,19H,9-10H2,1-2H3. The summed E-state index contributed by atoms with van der Waals surface area (Å²) in [4.78, 5) is 4.78. The number of nitrogens with zero attached hydrogens (tertiary/aromatic N) is 2. The number of benzene rings is 2. The summed E-state index contributed by atoms with van der Waals surface area (Å²) < 4.78 is 2.11. The molecule has 0 amide bonds. The van der Waals surface area contributed by atoms with Gasteiger partial charge in [-0.05, 0) is 43.8 Å². The molecule has 4 heteroatoms. The fourth-order valence-electron chi connectivity index (χ4n) is 2.62. The molecule has 1 heterocycles. The predicted molar refractivity (Wildman–Crippen MR) is 88.8 cm³/mol. The first-order chi connectivity index (χ1) is 10.2. The van der Waals surface area contributed by atoms with Crippen molar-refractivity contribution in [2.24, 2.45) is 7.05 Å². The Kier molecular flexibility index (Phi) is 3.95.